The van der Waals surface area contributed by atoms with Gasteiger partial charge in [0, 0.05) is 5.02 Å². The van der Waals surface area contributed by atoms with Crippen molar-refractivity contribution in [3.8, 4) is 0 Å². The molecule has 0 saturated carbocycles. The first-order chi connectivity index (χ1) is 7.68. The fourth-order valence-electron chi connectivity index (χ4n) is 1.66. The lowest BCUT2D eigenvalue weighted by Crippen LogP contribution is -1.96. The zero-order valence-corrected chi connectivity index (χ0v) is 11.3. The molecule has 1 unspecified atom stereocenters. The van der Waals surface area contributed by atoms with E-state index in [1.165, 1.54) is 0 Å². The van der Waals surface area contributed by atoms with Gasteiger partial charge in [0.05, 0.1) is 11.1 Å². The molecule has 1 heterocycles. The van der Waals surface area contributed by atoms with Gasteiger partial charge in [0.25, 0.3) is 0 Å². The van der Waals surface area contributed by atoms with Gasteiger partial charge in [-0.15, -0.1) is 0 Å². The Kier molecular flexibility index (Phi) is 3.72. The van der Waals surface area contributed by atoms with E-state index in [1.54, 1.807) is 6.26 Å². The number of halogens is 2. The second-order valence-electron chi connectivity index (χ2n) is 3.73. The third-order valence-corrected chi connectivity index (χ3v) is 3.65. The largest absolute Gasteiger partial charge is 0.468 e. The molecule has 0 amide bonds. The molecular formula is C13H12BrClO. The van der Waals surface area contributed by atoms with E-state index in [4.69, 9.17) is 16.0 Å². The Morgan fingerprint density at radius 1 is 1.31 bits per heavy atom. The van der Waals surface area contributed by atoms with Gasteiger partial charge in [-0.05, 0) is 36.6 Å². The number of hydrogen-bond donors (Lipinski definition) is 0. The van der Waals surface area contributed by atoms with Crippen LogP contribution in [0.4, 0.5) is 0 Å². The molecule has 1 atom stereocenters. The van der Waals surface area contributed by atoms with Crippen molar-refractivity contribution < 1.29 is 4.42 Å². The van der Waals surface area contributed by atoms with Crippen LogP contribution in [0.5, 0.6) is 0 Å². The zero-order valence-electron chi connectivity index (χ0n) is 8.91. The molecule has 2 aromatic rings. The van der Waals surface area contributed by atoms with E-state index in [1.807, 2.05) is 37.3 Å². The van der Waals surface area contributed by atoms with Crippen molar-refractivity contribution in [3.05, 3.63) is 58.5 Å². The Balaban J connectivity index is 2.17. The molecule has 0 radical (unpaired) electrons. The summed E-state index contributed by atoms with van der Waals surface area (Å²) >= 11 is 9.75. The summed E-state index contributed by atoms with van der Waals surface area (Å²) in [5.41, 5.74) is 2.29. The van der Waals surface area contributed by atoms with Crippen LogP contribution >= 0.6 is 27.5 Å². The number of hydrogen-bond acceptors (Lipinski definition) is 1. The van der Waals surface area contributed by atoms with Crippen molar-refractivity contribution in [1.29, 1.82) is 0 Å². The quantitative estimate of drug-likeness (QED) is 0.733. The third-order valence-electron chi connectivity index (χ3n) is 2.54. The second kappa shape index (κ2) is 5.07. The normalized spacial score (nSPS) is 12.7. The molecule has 1 aromatic carbocycles. The molecule has 0 N–H and O–H groups in total. The summed E-state index contributed by atoms with van der Waals surface area (Å²) in [5, 5.41) is 0.802. The minimum atomic E-state index is 0.169. The van der Waals surface area contributed by atoms with Crippen molar-refractivity contribution in [1.82, 2.24) is 0 Å². The standard InChI is InChI=1S/C13H12BrClO/c1-9-6-7-16-13(9)11(14)8-10-4-2-3-5-12(10)15/h2-7,11H,8H2,1H3. The summed E-state index contributed by atoms with van der Waals surface area (Å²) in [6.45, 7) is 2.04. The maximum absolute atomic E-state index is 6.12. The Morgan fingerprint density at radius 3 is 2.69 bits per heavy atom. The summed E-state index contributed by atoms with van der Waals surface area (Å²) in [7, 11) is 0. The van der Waals surface area contributed by atoms with E-state index >= 15 is 0 Å². The lowest BCUT2D eigenvalue weighted by atomic mass is 10.1. The molecule has 0 saturated heterocycles. The SMILES string of the molecule is Cc1ccoc1C(Br)Cc1ccccc1Cl. The first-order valence-electron chi connectivity index (χ1n) is 5.10. The van der Waals surface area contributed by atoms with Crippen LogP contribution in [0.1, 0.15) is 21.7 Å². The van der Waals surface area contributed by atoms with Gasteiger partial charge in [0.1, 0.15) is 5.76 Å². The van der Waals surface area contributed by atoms with Crippen LogP contribution in [0, 0.1) is 6.92 Å². The Hall–Kier alpha value is -0.730. The molecule has 16 heavy (non-hydrogen) atoms. The van der Waals surface area contributed by atoms with Crippen LogP contribution in [0.2, 0.25) is 5.02 Å². The van der Waals surface area contributed by atoms with Gasteiger partial charge in [-0.2, -0.15) is 0 Å². The number of aryl methyl sites for hydroxylation is 1. The summed E-state index contributed by atoms with van der Waals surface area (Å²) in [6, 6.07) is 9.85. The minimum Gasteiger partial charge on any atom is -0.468 e. The van der Waals surface area contributed by atoms with Crippen molar-refractivity contribution in [3.63, 3.8) is 0 Å². The first kappa shape index (κ1) is 11.7. The van der Waals surface area contributed by atoms with E-state index in [9.17, 15) is 0 Å². The number of rotatable bonds is 3. The van der Waals surface area contributed by atoms with E-state index < -0.39 is 0 Å². The van der Waals surface area contributed by atoms with Crippen molar-refractivity contribution in [2.45, 2.75) is 18.2 Å². The lowest BCUT2D eigenvalue weighted by molar-refractivity contribution is 0.504. The minimum absolute atomic E-state index is 0.169. The molecule has 0 aliphatic rings. The maximum atomic E-state index is 6.12. The molecule has 3 heteroatoms. The van der Waals surface area contributed by atoms with Crippen LogP contribution in [0.25, 0.3) is 0 Å². The molecule has 0 bridgehead atoms. The Morgan fingerprint density at radius 2 is 2.06 bits per heavy atom. The Bertz CT molecular complexity index is 478. The number of benzene rings is 1. The summed E-state index contributed by atoms with van der Waals surface area (Å²) in [5.74, 6) is 0.972. The molecule has 1 nitrogen and oxygen atoms in total. The van der Waals surface area contributed by atoms with E-state index in [0.29, 0.717) is 0 Å². The lowest BCUT2D eigenvalue weighted by Gasteiger charge is -2.09. The van der Waals surface area contributed by atoms with E-state index in [2.05, 4.69) is 15.9 Å². The molecular weight excluding hydrogens is 287 g/mol. The molecule has 0 aliphatic carbocycles. The van der Waals surface area contributed by atoms with Crippen molar-refractivity contribution >= 4 is 27.5 Å². The van der Waals surface area contributed by atoms with E-state index in [-0.39, 0.29) is 4.83 Å². The fraction of sp³-hybridized carbons (Fsp3) is 0.231. The van der Waals surface area contributed by atoms with Crippen LogP contribution in [-0.2, 0) is 6.42 Å². The molecule has 0 aliphatic heterocycles. The van der Waals surface area contributed by atoms with Gasteiger partial charge < -0.3 is 4.42 Å². The smallest absolute Gasteiger partial charge is 0.120 e. The highest BCUT2D eigenvalue weighted by Gasteiger charge is 2.15. The average molecular weight is 300 g/mol. The molecule has 0 spiro atoms. The monoisotopic (exact) mass is 298 g/mol. The van der Waals surface area contributed by atoms with Gasteiger partial charge in [-0.3, -0.25) is 0 Å². The van der Waals surface area contributed by atoms with Crippen LogP contribution in [0.3, 0.4) is 0 Å². The van der Waals surface area contributed by atoms with Gasteiger partial charge in [0.2, 0.25) is 0 Å². The number of furan rings is 1. The van der Waals surface area contributed by atoms with Crippen molar-refractivity contribution in [2.24, 2.45) is 0 Å². The first-order valence-corrected chi connectivity index (χ1v) is 6.39. The summed E-state index contributed by atoms with van der Waals surface area (Å²) < 4.78 is 5.45. The van der Waals surface area contributed by atoms with Crippen LogP contribution in [0.15, 0.2) is 41.0 Å². The van der Waals surface area contributed by atoms with Crippen LogP contribution < -0.4 is 0 Å². The highest BCUT2D eigenvalue weighted by atomic mass is 79.9. The molecule has 0 fully saturated rings. The second-order valence-corrected chi connectivity index (χ2v) is 5.24. The third kappa shape index (κ3) is 2.50. The fourth-order valence-corrected chi connectivity index (χ4v) is 2.69. The van der Waals surface area contributed by atoms with Crippen molar-refractivity contribution in [2.75, 3.05) is 0 Å². The number of alkyl halides is 1. The zero-order chi connectivity index (χ0) is 11.5. The predicted molar refractivity (Wildman–Crippen MR) is 70.3 cm³/mol. The average Bonchev–Trinajstić information content (AvgIpc) is 2.68. The van der Waals surface area contributed by atoms with E-state index in [0.717, 1.165) is 28.3 Å². The summed E-state index contributed by atoms with van der Waals surface area (Å²) in [6.07, 6.45) is 2.54. The highest BCUT2D eigenvalue weighted by molar-refractivity contribution is 9.09. The Labute approximate surface area is 109 Å². The molecule has 1 aromatic heterocycles. The molecule has 2 rings (SSSR count). The topological polar surface area (TPSA) is 13.1 Å². The summed E-state index contributed by atoms with van der Waals surface area (Å²) in [4.78, 5) is 0.169. The van der Waals surface area contributed by atoms with Gasteiger partial charge >= 0.3 is 0 Å². The maximum Gasteiger partial charge on any atom is 0.120 e. The van der Waals surface area contributed by atoms with Gasteiger partial charge in [0.15, 0.2) is 0 Å². The van der Waals surface area contributed by atoms with Crippen LogP contribution in [-0.4, -0.2) is 0 Å². The van der Waals surface area contributed by atoms with Gasteiger partial charge in [-0.25, -0.2) is 0 Å². The predicted octanol–water partition coefficient (Wildman–Crippen LogP) is 4.92. The highest BCUT2D eigenvalue weighted by Crippen LogP contribution is 2.31. The van der Waals surface area contributed by atoms with Gasteiger partial charge in [-0.1, -0.05) is 45.7 Å². The molecule has 84 valence electrons.